The topological polar surface area (TPSA) is 21.3 Å². The summed E-state index contributed by atoms with van der Waals surface area (Å²) in [6, 6.07) is 10.2. The zero-order valence-electron chi connectivity index (χ0n) is 9.94. The van der Waals surface area contributed by atoms with E-state index in [1.165, 1.54) is 6.42 Å². The summed E-state index contributed by atoms with van der Waals surface area (Å²) in [7, 11) is 0. The van der Waals surface area contributed by atoms with E-state index in [1.807, 2.05) is 24.4 Å². The highest BCUT2D eigenvalue weighted by molar-refractivity contribution is 5.60. The summed E-state index contributed by atoms with van der Waals surface area (Å²) in [4.78, 5) is 0. The van der Waals surface area contributed by atoms with E-state index >= 15 is 0 Å². The van der Waals surface area contributed by atoms with Gasteiger partial charge in [-0.2, -0.15) is 0 Å². The highest BCUT2D eigenvalue weighted by atomic mass is 16.5. The van der Waals surface area contributed by atoms with Crippen LogP contribution in [-0.4, -0.2) is 6.23 Å². The third kappa shape index (κ3) is 2.57. The van der Waals surface area contributed by atoms with Crippen LogP contribution in [0, 0.1) is 5.92 Å². The van der Waals surface area contributed by atoms with E-state index in [2.05, 4.69) is 31.3 Å². The normalized spacial score (nSPS) is 20.9. The van der Waals surface area contributed by atoms with E-state index in [4.69, 9.17) is 4.74 Å². The van der Waals surface area contributed by atoms with Gasteiger partial charge in [0.05, 0.1) is 0 Å². The van der Waals surface area contributed by atoms with Crippen LogP contribution >= 0.6 is 0 Å². The van der Waals surface area contributed by atoms with Crippen molar-refractivity contribution >= 4 is 5.76 Å². The van der Waals surface area contributed by atoms with E-state index in [0.717, 1.165) is 17.7 Å². The fourth-order valence-corrected chi connectivity index (χ4v) is 1.79. The van der Waals surface area contributed by atoms with Gasteiger partial charge in [0.15, 0.2) is 6.23 Å². The van der Waals surface area contributed by atoms with Gasteiger partial charge in [-0.25, -0.2) is 0 Å². The first-order valence-corrected chi connectivity index (χ1v) is 5.98. The first-order chi connectivity index (χ1) is 7.79. The van der Waals surface area contributed by atoms with Crippen LogP contribution in [0.4, 0.5) is 0 Å². The van der Waals surface area contributed by atoms with Crippen LogP contribution in [0.1, 0.15) is 32.3 Å². The van der Waals surface area contributed by atoms with Crippen molar-refractivity contribution in [3.63, 3.8) is 0 Å². The lowest BCUT2D eigenvalue weighted by atomic mass is 10.0. The maximum atomic E-state index is 5.87. The molecule has 0 spiro atoms. The van der Waals surface area contributed by atoms with Crippen molar-refractivity contribution in [2.45, 2.75) is 32.9 Å². The molecule has 2 atom stereocenters. The van der Waals surface area contributed by atoms with Crippen LogP contribution in [0.15, 0.2) is 36.5 Å². The summed E-state index contributed by atoms with van der Waals surface area (Å²) in [6.45, 7) is 4.47. The summed E-state index contributed by atoms with van der Waals surface area (Å²) < 4.78 is 5.87. The van der Waals surface area contributed by atoms with Gasteiger partial charge in [-0.15, -0.1) is 0 Å². The molecule has 0 saturated heterocycles. The van der Waals surface area contributed by atoms with Crippen LogP contribution in [0.25, 0.3) is 5.76 Å². The first kappa shape index (κ1) is 11.1. The second-order valence-corrected chi connectivity index (χ2v) is 4.40. The van der Waals surface area contributed by atoms with Crippen molar-refractivity contribution in [3.8, 4) is 0 Å². The molecule has 1 heterocycles. The highest BCUT2D eigenvalue weighted by Crippen LogP contribution is 2.24. The Bertz CT molecular complexity index is 358. The Balaban J connectivity index is 1.93. The number of nitrogens with one attached hydrogen (secondary N) is 1. The predicted octanol–water partition coefficient (Wildman–Crippen LogP) is 3.37. The van der Waals surface area contributed by atoms with Crippen LogP contribution in [0.3, 0.4) is 0 Å². The third-order valence-electron chi connectivity index (χ3n) is 3.04. The molecule has 0 aromatic heterocycles. The van der Waals surface area contributed by atoms with Gasteiger partial charge >= 0.3 is 0 Å². The van der Waals surface area contributed by atoms with E-state index < -0.39 is 0 Å². The minimum atomic E-state index is 0.144. The molecule has 2 heteroatoms. The van der Waals surface area contributed by atoms with Gasteiger partial charge in [0.25, 0.3) is 0 Å². The third-order valence-corrected chi connectivity index (χ3v) is 3.04. The minimum absolute atomic E-state index is 0.144. The summed E-state index contributed by atoms with van der Waals surface area (Å²) >= 11 is 0. The van der Waals surface area contributed by atoms with Gasteiger partial charge in [0.2, 0.25) is 0 Å². The predicted molar refractivity (Wildman–Crippen MR) is 66.5 cm³/mol. The monoisotopic (exact) mass is 217 g/mol. The van der Waals surface area contributed by atoms with E-state index in [0.29, 0.717) is 5.92 Å². The smallest absolute Gasteiger partial charge is 0.169 e. The average molecular weight is 217 g/mol. The quantitative estimate of drug-likeness (QED) is 0.835. The molecule has 0 bridgehead atoms. The van der Waals surface area contributed by atoms with Crippen molar-refractivity contribution in [1.82, 2.24) is 5.32 Å². The number of ether oxygens (including phenoxy) is 1. The van der Waals surface area contributed by atoms with Crippen molar-refractivity contribution in [3.05, 3.63) is 42.1 Å². The zero-order chi connectivity index (χ0) is 11.4. The Morgan fingerprint density at radius 1 is 1.31 bits per heavy atom. The lowest BCUT2D eigenvalue weighted by molar-refractivity contribution is 0.142. The van der Waals surface area contributed by atoms with Crippen molar-refractivity contribution in [2.24, 2.45) is 5.92 Å². The molecular weight excluding hydrogens is 198 g/mol. The Kier molecular flexibility index (Phi) is 3.50. The van der Waals surface area contributed by atoms with Crippen molar-refractivity contribution in [2.75, 3.05) is 0 Å². The maximum Gasteiger partial charge on any atom is 0.169 e. The van der Waals surface area contributed by atoms with Crippen LogP contribution in [0.5, 0.6) is 0 Å². The molecule has 1 aromatic carbocycles. The van der Waals surface area contributed by atoms with E-state index in [9.17, 15) is 0 Å². The molecule has 0 amide bonds. The summed E-state index contributed by atoms with van der Waals surface area (Å²) in [6.07, 6.45) is 4.37. The molecule has 1 aliphatic rings. The summed E-state index contributed by atoms with van der Waals surface area (Å²) in [5.41, 5.74) is 1.14. The second-order valence-electron chi connectivity index (χ2n) is 4.40. The van der Waals surface area contributed by atoms with E-state index in [-0.39, 0.29) is 6.23 Å². The van der Waals surface area contributed by atoms with Gasteiger partial charge in [0.1, 0.15) is 5.76 Å². The zero-order valence-corrected chi connectivity index (χ0v) is 9.94. The molecule has 2 unspecified atom stereocenters. The fraction of sp³-hybridized carbons (Fsp3) is 0.429. The highest BCUT2D eigenvalue weighted by Gasteiger charge is 2.19. The largest absolute Gasteiger partial charge is 0.469 e. The molecule has 0 fully saturated rings. The Morgan fingerprint density at radius 3 is 2.75 bits per heavy atom. The molecule has 1 aliphatic heterocycles. The number of rotatable bonds is 4. The number of hydrogen-bond donors (Lipinski definition) is 1. The van der Waals surface area contributed by atoms with Crippen LogP contribution in [-0.2, 0) is 4.74 Å². The van der Waals surface area contributed by atoms with Crippen molar-refractivity contribution < 1.29 is 4.74 Å². The second kappa shape index (κ2) is 5.06. The van der Waals surface area contributed by atoms with Crippen LogP contribution in [0.2, 0.25) is 0 Å². The Morgan fingerprint density at radius 2 is 2.06 bits per heavy atom. The Hall–Kier alpha value is -1.44. The number of hydrogen-bond acceptors (Lipinski definition) is 2. The molecule has 2 nitrogen and oxygen atoms in total. The SMILES string of the molecule is CCC(C)CC1NC=C(c2ccccc2)O1. The van der Waals surface area contributed by atoms with Gasteiger partial charge in [-0.3, -0.25) is 0 Å². The van der Waals surface area contributed by atoms with Gasteiger partial charge in [-0.1, -0.05) is 50.6 Å². The molecule has 0 radical (unpaired) electrons. The van der Waals surface area contributed by atoms with Gasteiger partial charge in [0, 0.05) is 18.2 Å². The lowest BCUT2D eigenvalue weighted by Crippen LogP contribution is -2.23. The summed E-state index contributed by atoms with van der Waals surface area (Å²) in [5, 5.41) is 3.29. The molecule has 0 saturated carbocycles. The van der Waals surface area contributed by atoms with Gasteiger partial charge in [-0.05, 0) is 5.92 Å². The number of benzene rings is 1. The fourth-order valence-electron chi connectivity index (χ4n) is 1.79. The Labute approximate surface area is 97.3 Å². The molecule has 86 valence electrons. The average Bonchev–Trinajstić information content (AvgIpc) is 2.78. The van der Waals surface area contributed by atoms with E-state index in [1.54, 1.807) is 0 Å². The molecular formula is C14H19NO. The molecule has 16 heavy (non-hydrogen) atoms. The van der Waals surface area contributed by atoms with Gasteiger partial charge < -0.3 is 10.1 Å². The lowest BCUT2D eigenvalue weighted by Gasteiger charge is -2.16. The standard InChI is InChI=1S/C14H19NO/c1-3-11(2)9-14-15-10-13(16-14)12-7-5-4-6-8-12/h4-8,10-11,14-15H,3,9H2,1-2H3. The summed E-state index contributed by atoms with van der Waals surface area (Å²) in [5.74, 6) is 1.65. The van der Waals surface area contributed by atoms with Crippen molar-refractivity contribution in [1.29, 1.82) is 0 Å². The molecule has 2 rings (SSSR count). The first-order valence-electron chi connectivity index (χ1n) is 5.98. The molecule has 1 N–H and O–H groups in total. The maximum absolute atomic E-state index is 5.87. The molecule has 0 aliphatic carbocycles. The minimum Gasteiger partial charge on any atom is -0.469 e. The molecule has 1 aromatic rings. The van der Waals surface area contributed by atoms with Crippen LogP contribution < -0.4 is 5.32 Å².